The quantitative estimate of drug-likeness (QED) is 0.633. The maximum atomic E-state index is 5.80. The average molecular weight is 176 g/mol. The fourth-order valence-corrected chi connectivity index (χ4v) is 1.57. The Hall–Kier alpha value is 0.250. The molecule has 0 amide bonds. The second-order valence-corrected chi connectivity index (χ2v) is 4.17. The molecular weight excluding hydrogens is 158 g/mol. The predicted molar refractivity (Wildman–Crippen MR) is 50.1 cm³/mol. The van der Waals surface area contributed by atoms with Gasteiger partial charge in [0.2, 0.25) is 0 Å². The highest BCUT2D eigenvalue weighted by molar-refractivity contribution is 6.18. The first-order chi connectivity index (χ1) is 5.24. The van der Waals surface area contributed by atoms with Gasteiger partial charge in [-0.3, -0.25) is 0 Å². The van der Waals surface area contributed by atoms with Gasteiger partial charge in [0.15, 0.2) is 0 Å². The summed E-state index contributed by atoms with van der Waals surface area (Å²) in [6, 6.07) is 0.511. The van der Waals surface area contributed by atoms with Crippen LogP contribution in [-0.4, -0.2) is 18.5 Å². The zero-order valence-corrected chi connectivity index (χ0v) is 8.19. The number of rotatable bonds is 5. The van der Waals surface area contributed by atoms with Gasteiger partial charge in [-0.25, -0.2) is 0 Å². The van der Waals surface area contributed by atoms with Gasteiger partial charge in [-0.1, -0.05) is 13.8 Å². The molecule has 1 fully saturated rings. The van der Waals surface area contributed by atoms with Crippen molar-refractivity contribution < 1.29 is 0 Å². The van der Waals surface area contributed by atoms with E-state index in [0.29, 0.717) is 12.0 Å². The molecule has 2 heteroatoms. The Morgan fingerprint density at radius 1 is 1.45 bits per heavy atom. The van der Waals surface area contributed by atoms with Crippen LogP contribution in [0.1, 0.15) is 26.7 Å². The van der Waals surface area contributed by atoms with Gasteiger partial charge in [-0.15, -0.1) is 11.6 Å². The van der Waals surface area contributed by atoms with E-state index < -0.39 is 0 Å². The lowest BCUT2D eigenvalue weighted by atomic mass is 10.1. The van der Waals surface area contributed by atoms with Crippen LogP contribution < -0.4 is 5.32 Å². The van der Waals surface area contributed by atoms with E-state index in [4.69, 9.17) is 11.6 Å². The van der Waals surface area contributed by atoms with E-state index in [2.05, 4.69) is 19.2 Å². The normalized spacial score (nSPS) is 20.7. The van der Waals surface area contributed by atoms with Gasteiger partial charge < -0.3 is 5.32 Å². The lowest BCUT2D eigenvalue weighted by Crippen LogP contribution is -2.36. The van der Waals surface area contributed by atoms with Gasteiger partial charge in [0.05, 0.1) is 0 Å². The summed E-state index contributed by atoms with van der Waals surface area (Å²) < 4.78 is 0. The number of hydrogen-bond donors (Lipinski definition) is 1. The number of nitrogens with one attached hydrogen (secondary N) is 1. The maximum Gasteiger partial charge on any atom is 0.0379 e. The maximum absolute atomic E-state index is 5.80. The van der Waals surface area contributed by atoms with Crippen LogP contribution in [0, 0.1) is 11.8 Å². The summed E-state index contributed by atoms with van der Waals surface area (Å²) in [7, 11) is 0. The largest absolute Gasteiger partial charge is 0.312 e. The smallest absolute Gasteiger partial charge is 0.0379 e. The Balaban J connectivity index is 2.08. The molecule has 1 rings (SSSR count). The van der Waals surface area contributed by atoms with Crippen molar-refractivity contribution >= 4 is 11.6 Å². The van der Waals surface area contributed by atoms with Crippen molar-refractivity contribution in [2.75, 3.05) is 12.4 Å². The zero-order valence-electron chi connectivity index (χ0n) is 7.44. The van der Waals surface area contributed by atoms with Gasteiger partial charge in [0.1, 0.15) is 0 Å². The molecule has 11 heavy (non-hydrogen) atoms. The molecular formula is C9H18ClN. The van der Waals surface area contributed by atoms with Crippen molar-refractivity contribution in [1.29, 1.82) is 0 Å². The van der Waals surface area contributed by atoms with Crippen LogP contribution >= 0.6 is 11.6 Å². The molecule has 1 atom stereocenters. The summed E-state index contributed by atoms with van der Waals surface area (Å²) in [5, 5.41) is 3.50. The second-order valence-electron chi connectivity index (χ2n) is 3.86. The van der Waals surface area contributed by atoms with E-state index in [1.807, 2.05) is 0 Å². The lowest BCUT2D eigenvalue weighted by molar-refractivity contribution is 0.424. The topological polar surface area (TPSA) is 12.0 Å². The van der Waals surface area contributed by atoms with Crippen LogP contribution in [0.4, 0.5) is 0 Å². The Morgan fingerprint density at radius 2 is 2.09 bits per heavy atom. The molecule has 0 bridgehead atoms. The average Bonchev–Trinajstić information content (AvgIpc) is 2.72. The van der Waals surface area contributed by atoms with E-state index in [0.717, 1.165) is 11.8 Å². The van der Waals surface area contributed by atoms with Crippen molar-refractivity contribution in [3.05, 3.63) is 0 Å². The first-order valence-electron chi connectivity index (χ1n) is 4.53. The molecule has 66 valence electrons. The van der Waals surface area contributed by atoms with Crippen LogP contribution in [0.3, 0.4) is 0 Å². The second kappa shape index (κ2) is 4.32. The minimum absolute atomic E-state index is 0.511. The highest BCUT2D eigenvalue weighted by atomic mass is 35.5. The van der Waals surface area contributed by atoms with Crippen LogP contribution in [0.2, 0.25) is 0 Å². The Bertz CT molecular complexity index is 110. The first-order valence-corrected chi connectivity index (χ1v) is 5.07. The van der Waals surface area contributed by atoms with Crippen molar-refractivity contribution in [3.63, 3.8) is 0 Å². The van der Waals surface area contributed by atoms with Gasteiger partial charge >= 0.3 is 0 Å². The fraction of sp³-hybridized carbons (Fsp3) is 1.00. The van der Waals surface area contributed by atoms with Crippen LogP contribution in [-0.2, 0) is 0 Å². The summed E-state index contributed by atoms with van der Waals surface area (Å²) in [6.07, 6.45) is 2.83. The van der Waals surface area contributed by atoms with Crippen molar-refractivity contribution in [2.45, 2.75) is 32.7 Å². The van der Waals surface area contributed by atoms with Gasteiger partial charge in [0, 0.05) is 11.9 Å². The Morgan fingerprint density at radius 3 is 2.45 bits per heavy atom. The lowest BCUT2D eigenvalue weighted by Gasteiger charge is -2.19. The summed E-state index contributed by atoms with van der Waals surface area (Å²) in [5.74, 6) is 2.36. The third-order valence-electron chi connectivity index (χ3n) is 2.34. The third kappa shape index (κ3) is 3.44. The van der Waals surface area contributed by atoms with Gasteiger partial charge in [-0.05, 0) is 31.2 Å². The van der Waals surface area contributed by atoms with E-state index in [9.17, 15) is 0 Å². The summed E-state index contributed by atoms with van der Waals surface area (Å²) >= 11 is 5.80. The van der Waals surface area contributed by atoms with Crippen LogP contribution in [0.25, 0.3) is 0 Å². The van der Waals surface area contributed by atoms with E-state index in [-0.39, 0.29) is 0 Å². The summed E-state index contributed by atoms with van der Waals surface area (Å²) in [6.45, 7) is 5.61. The minimum atomic E-state index is 0.511. The molecule has 1 aliphatic carbocycles. The fourth-order valence-electron chi connectivity index (χ4n) is 1.11. The van der Waals surface area contributed by atoms with Gasteiger partial charge in [-0.2, -0.15) is 0 Å². The molecule has 0 aromatic carbocycles. The van der Waals surface area contributed by atoms with Crippen LogP contribution in [0.5, 0.6) is 0 Å². The highest BCUT2D eigenvalue weighted by Gasteiger charge is 2.22. The van der Waals surface area contributed by atoms with Crippen molar-refractivity contribution in [2.24, 2.45) is 11.8 Å². The molecule has 1 aliphatic rings. The molecule has 0 aromatic heterocycles. The molecule has 1 N–H and O–H groups in total. The molecule has 1 saturated carbocycles. The molecule has 1 unspecified atom stereocenters. The standard InChI is InChI=1S/C9H18ClN/c1-7(2)9(5-10)11-6-8-3-4-8/h7-9,11H,3-6H2,1-2H3. The SMILES string of the molecule is CC(C)C(CCl)NCC1CC1. The highest BCUT2D eigenvalue weighted by Crippen LogP contribution is 2.27. The van der Waals surface area contributed by atoms with Crippen LogP contribution in [0.15, 0.2) is 0 Å². The van der Waals surface area contributed by atoms with Gasteiger partial charge in [0.25, 0.3) is 0 Å². The summed E-state index contributed by atoms with van der Waals surface area (Å²) in [5.41, 5.74) is 0. The molecule has 0 aliphatic heterocycles. The Labute approximate surface area is 74.5 Å². The molecule has 0 spiro atoms. The Kier molecular flexibility index (Phi) is 3.67. The monoisotopic (exact) mass is 175 g/mol. The molecule has 0 aromatic rings. The summed E-state index contributed by atoms with van der Waals surface area (Å²) in [4.78, 5) is 0. The zero-order chi connectivity index (χ0) is 8.27. The van der Waals surface area contributed by atoms with E-state index in [1.54, 1.807) is 0 Å². The first kappa shape index (κ1) is 9.34. The van der Waals surface area contributed by atoms with Crippen molar-refractivity contribution in [1.82, 2.24) is 5.32 Å². The predicted octanol–water partition coefficient (Wildman–Crippen LogP) is 2.25. The van der Waals surface area contributed by atoms with E-state index in [1.165, 1.54) is 19.4 Å². The number of halogens is 1. The third-order valence-corrected chi connectivity index (χ3v) is 2.67. The van der Waals surface area contributed by atoms with E-state index >= 15 is 0 Å². The molecule has 0 saturated heterocycles. The molecule has 0 heterocycles. The van der Waals surface area contributed by atoms with Crippen molar-refractivity contribution in [3.8, 4) is 0 Å². The number of hydrogen-bond acceptors (Lipinski definition) is 1. The minimum Gasteiger partial charge on any atom is -0.312 e. The number of alkyl halides is 1. The molecule has 1 nitrogen and oxygen atoms in total. The molecule has 0 radical (unpaired) electrons.